The topological polar surface area (TPSA) is 81.4 Å². The Bertz CT molecular complexity index is 212. The first-order valence-corrected chi connectivity index (χ1v) is 5.97. The molecule has 0 rings (SSSR count). The van der Waals surface area contributed by atoms with E-state index in [2.05, 4.69) is 5.32 Å². The standard InChI is InChI=1S/C9H18N2O3S/c1-3-14-9(13)8(10)6-15-5-4-11-7(2)12/h8H,3-6,10H2,1-2H3,(H,11,12). The van der Waals surface area contributed by atoms with Crippen molar-refractivity contribution in [3.05, 3.63) is 0 Å². The molecule has 6 heteroatoms. The Morgan fingerprint density at radius 1 is 1.53 bits per heavy atom. The molecule has 0 aliphatic heterocycles. The Morgan fingerprint density at radius 3 is 2.73 bits per heavy atom. The van der Waals surface area contributed by atoms with Gasteiger partial charge in [0.2, 0.25) is 5.91 Å². The van der Waals surface area contributed by atoms with Crippen LogP contribution >= 0.6 is 11.8 Å². The number of esters is 1. The normalized spacial score (nSPS) is 11.9. The molecule has 0 radical (unpaired) electrons. The third-order valence-corrected chi connectivity index (χ3v) is 2.59. The lowest BCUT2D eigenvalue weighted by Crippen LogP contribution is -2.35. The Morgan fingerprint density at radius 2 is 2.20 bits per heavy atom. The number of nitrogens with two attached hydrogens (primary N) is 1. The molecule has 0 fully saturated rings. The van der Waals surface area contributed by atoms with E-state index in [9.17, 15) is 9.59 Å². The second-order valence-electron chi connectivity index (χ2n) is 2.92. The summed E-state index contributed by atoms with van der Waals surface area (Å²) in [5.74, 6) is 0.834. The zero-order valence-electron chi connectivity index (χ0n) is 9.12. The van der Waals surface area contributed by atoms with Gasteiger partial charge in [-0.25, -0.2) is 0 Å². The molecule has 0 aromatic carbocycles. The first-order valence-electron chi connectivity index (χ1n) is 4.82. The fourth-order valence-corrected chi connectivity index (χ4v) is 1.63. The number of hydrogen-bond donors (Lipinski definition) is 2. The van der Waals surface area contributed by atoms with Crippen molar-refractivity contribution < 1.29 is 14.3 Å². The summed E-state index contributed by atoms with van der Waals surface area (Å²) in [4.78, 5) is 21.6. The van der Waals surface area contributed by atoms with Gasteiger partial charge in [-0.05, 0) is 6.92 Å². The maximum atomic E-state index is 11.1. The number of amides is 1. The van der Waals surface area contributed by atoms with E-state index in [1.807, 2.05) is 0 Å². The van der Waals surface area contributed by atoms with Crippen molar-refractivity contribution in [2.24, 2.45) is 5.73 Å². The molecule has 0 saturated carbocycles. The molecule has 0 aliphatic carbocycles. The summed E-state index contributed by atoms with van der Waals surface area (Å²) in [6, 6.07) is -0.577. The number of carbonyl (C=O) groups excluding carboxylic acids is 2. The first-order chi connectivity index (χ1) is 7.07. The average molecular weight is 234 g/mol. The van der Waals surface area contributed by atoms with Gasteiger partial charge in [0.05, 0.1) is 6.61 Å². The quantitative estimate of drug-likeness (QED) is 0.469. The molecule has 0 bridgehead atoms. The lowest BCUT2D eigenvalue weighted by atomic mass is 10.4. The number of ether oxygens (including phenoxy) is 1. The zero-order valence-corrected chi connectivity index (χ0v) is 9.93. The predicted molar refractivity (Wildman–Crippen MR) is 60.6 cm³/mol. The van der Waals surface area contributed by atoms with Crippen molar-refractivity contribution in [1.82, 2.24) is 5.32 Å². The number of rotatable bonds is 7. The van der Waals surface area contributed by atoms with Crippen LogP contribution in [0.4, 0.5) is 0 Å². The van der Waals surface area contributed by atoms with Gasteiger partial charge in [-0.3, -0.25) is 9.59 Å². The van der Waals surface area contributed by atoms with Gasteiger partial charge in [0.25, 0.3) is 0 Å². The van der Waals surface area contributed by atoms with Gasteiger partial charge < -0.3 is 15.8 Å². The van der Waals surface area contributed by atoms with Crippen LogP contribution in [0.5, 0.6) is 0 Å². The number of nitrogens with one attached hydrogen (secondary N) is 1. The zero-order chi connectivity index (χ0) is 11.7. The fraction of sp³-hybridized carbons (Fsp3) is 0.778. The van der Waals surface area contributed by atoms with Crippen molar-refractivity contribution in [3.8, 4) is 0 Å². The van der Waals surface area contributed by atoms with Crippen LogP contribution in [0, 0.1) is 0 Å². The number of hydrogen-bond acceptors (Lipinski definition) is 5. The van der Waals surface area contributed by atoms with Crippen LogP contribution in [0.2, 0.25) is 0 Å². The highest BCUT2D eigenvalue weighted by molar-refractivity contribution is 7.99. The second-order valence-corrected chi connectivity index (χ2v) is 4.07. The fourth-order valence-electron chi connectivity index (χ4n) is 0.827. The molecule has 88 valence electrons. The molecule has 1 atom stereocenters. The Kier molecular flexibility index (Phi) is 8.12. The molecule has 0 saturated heterocycles. The summed E-state index contributed by atoms with van der Waals surface area (Å²) in [6.07, 6.45) is 0. The Hall–Kier alpha value is -0.750. The van der Waals surface area contributed by atoms with Gasteiger partial charge in [-0.2, -0.15) is 11.8 Å². The average Bonchev–Trinajstić information content (AvgIpc) is 2.16. The lowest BCUT2D eigenvalue weighted by molar-refractivity contribution is -0.144. The molecule has 0 aliphatic rings. The van der Waals surface area contributed by atoms with Gasteiger partial charge in [-0.15, -0.1) is 0 Å². The molecule has 5 nitrogen and oxygen atoms in total. The van der Waals surface area contributed by atoms with E-state index >= 15 is 0 Å². The van der Waals surface area contributed by atoms with Crippen LogP contribution in [0.15, 0.2) is 0 Å². The molecule has 15 heavy (non-hydrogen) atoms. The van der Waals surface area contributed by atoms with Crippen LogP contribution in [0.1, 0.15) is 13.8 Å². The third kappa shape index (κ3) is 8.26. The van der Waals surface area contributed by atoms with Gasteiger partial charge in [0, 0.05) is 25.0 Å². The maximum absolute atomic E-state index is 11.1. The minimum Gasteiger partial charge on any atom is -0.465 e. The highest BCUT2D eigenvalue weighted by Gasteiger charge is 2.13. The SMILES string of the molecule is CCOC(=O)C(N)CSCCNC(C)=O. The minimum absolute atomic E-state index is 0.0507. The van der Waals surface area contributed by atoms with Crippen LogP contribution in [0.25, 0.3) is 0 Å². The largest absolute Gasteiger partial charge is 0.465 e. The highest BCUT2D eigenvalue weighted by atomic mass is 32.2. The molecule has 0 heterocycles. The van der Waals surface area contributed by atoms with E-state index in [-0.39, 0.29) is 11.9 Å². The molecule has 0 aromatic rings. The van der Waals surface area contributed by atoms with Gasteiger partial charge >= 0.3 is 5.97 Å². The molecule has 3 N–H and O–H groups in total. The maximum Gasteiger partial charge on any atom is 0.323 e. The van der Waals surface area contributed by atoms with Crippen molar-refractivity contribution in [2.75, 3.05) is 24.7 Å². The monoisotopic (exact) mass is 234 g/mol. The molecule has 0 spiro atoms. The van der Waals surface area contributed by atoms with Crippen LogP contribution in [-0.2, 0) is 14.3 Å². The summed E-state index contributed by atoms with van der Waals surface area (Å²) in [5.41, 5.74) is 5.56. The van der Waals surface area contributed by atoms with E-state index in [1.54, 1.807) is 6.92 Å². The van der Waals surface area contributed by atoms with E-state index in [4.69, 9.17) is 10.5 Å². The van der Waals surface area contributed by atoms with E-state index in [0.717, 1.165) is 5.75 Å². The van der Waals surface area contributed by atoms with E-state index in [0.29, 0.717) is 18.9 Å². The minimum atomic E-state index is -0.577. The molecular weight excluding hydrogens is 216 g/mol. The van der Waals surface area contributed by atoms with Gasteiger partial charge in [0.1, 0.15) is 6.04 Å². The van der Waals surface area contributed by atoms with E-state index < -0.39 is 6.04 Å². The number of thioether (sulfide) groups is 1. The molecular formula is C9H18N2O3S. The summed E-state index contributed by atoms with van der Waals surface area (Å²) in [5, 5.41) is 2.66. The van der Waals surface area contributed by atoms with Crippen molar-refractivity contribution in [1.29, 1.82) is 0 Å². The summed E-state index contributed by atoms with van der Waals surface area (Å²) in [7, 11) is 0. The van der Waals surface area contributed by atoms with Crippen LogP contribution < -0.4 is 11.1 Å². The Balaban J connectivity index is 3.42. The van der Waals surface area contributed by atoms with E-state index in [1.165, 1.54) is 18.7 Å². The highest BCUT2D eigenvalue weighted by Crippen LogP contribution is 2.01. The molecule has 0 aromatic heterocycles. The lowest BCUT2D eigenvalue weighted by Gasteiger charge is -2.09. The first kappa shape index (κ1) is 14.2. The van der Waals surface area contributed by atoms with Gasteiger partial charge in [-0.1, -0.05) is 0 Å². The third-order valence-electron chi connectivity index (χ3n) is 1.51. The van der Waals surface area contributed by atoms with Crippen molar-refractivity contribution in [3.63, 3.8) is 0 Å². The predicted octanol–water partition coefficient (Wildman–Crippen LogP) is -0.254. The van der Waals surface area contributed by atoms with Crippen LogP contribution in [-0.4, -0.2) is 42.6 Å². The summed E-state index contributed by atoms with van der Waals surface area (Å²) < 4.78 is 4.75. The Labute approximate surface area is 94.1 Å². The van der Waals surface area contributed by atoms with Crippen molar-refractivity contribution >= 4 is 23.6 Å². The molecule has 1 unspecified atom stereocenters. The number of carbonyl (C=O) groups is 2. The van der Waals surface area contributed by atoms with Crippen LogP contribution in [0.3, 0.4) is 0 Å². The second kappa shape index (κ2) is 8.55. The summed E-state index contributed by atoms with van der Waals surface area (Å²) >= 11 is 1.52. The van der Waals surface area contributed by atoms with Crippen molar-refractivity contribution in [2.45, 2.75) is 19.9 Å². The summed E-state index contributed by atoms with van der Waals surface area (Å²) in [6.45, 7) is 4.15. The van der Waals surface area contributed by atoms with Gasteiger partial charge in [0.15, 0.2) is 0 Å². The molecule has 1 amide bonds. The smallest absolute Gasteiger partial charge is 0.323 e.